The molecule has 3 aromatic carbocycles. The van der Waals surface area contributed by atoms with Gasteiger partial charge in [0.2, 0.25) is 0 Å². The zero-order valence-electron chi connectivity index (χ0n) is 24.4. The van der Waals surface area contributed by atoms with Gasteiger partial charge in [-0.2, -0.15) is 0 Å². The van der Waals surface area contributed by atoms with Gasteiger partial charge in [-0.15, -0.1) is 0 Å². The van der Waals surface area contributed by atoms with Crippen molar-refractivity contribution in [3.05, 3.63) is 108 Å². The molecule has 206 valence electrons. The minimum Gasteiger partial charge on any atom is -0.505 e. The number of hydrogen-bond donors (Lipinski definition) is 1. The number of hydrogen-bond acceptors (Lipinski definition) is 4. The highest BCUT2D eigenvalue weighted by molar-refractivity contribution is 7.99. The van der Waals surface area contributed by atoms with Gasteiger partial charge in [0.25, 0.3) is 0 Å². The lowest BCUT2D eigenvalue weighted by molar-refractivity contribution is 0.442. The Morgan fingerprint density at radius 2 is 1.51 bits per heavy atom. The Morgan fingerprint density at radius 3 is 2.24 bits per heavy atom. The molecule has 0 radical (unpaired) electrons. The molecule has 3 aromatic heterocycles. The van der Waals surface area contributed by atoms with E-state index in [2.05, 4.69) is 118 Å². The molecule has 0 aliphatic heterocycles. The molecule has 0 aliphatic rings. The average Bonchev–Trinajstić information content (AvgIpc) is 3.26. The van der Waals surface area contributed by atoms with Crippen LogP contribution in [-0.2, 0) is 10.8 Å². The zero-order chi connectivity index (χ0) is 28.9. The number of phenols is 1. The van der Waals surface area contributed by atoms with E-state index in [1.807, 2.05) is 30.5 Å². The summed E-state index contributed by atoms with van der Waals surface area (Å²) >= 11 is 1.64. The molecule has 1 N–H and O–H groups in total. The van der Waals surface area contributed by atoms with Crippen LogP contribution in [0, 0.1) is 0 Å². The molecule has 6 aromatic rings. The van der Waals surface area contributed by atoms with Gasteiger partial charge in [-0.3, -0.25) is 4.57 Å². The molecule has 41 heavy (non-hydrogen) atoms. The lowest BCUT2D eigenvalue weighted by atomic mass is 9.79. The van der Waals surface area contributed by atoms with Gasteiger partial charge in [-0.05, 0) is 64.9 Å². The Morgan fingerprint density at radius 1 is 0.732 bits per heavy atom. The van der Waals surface area contributed by atoms with Crippen LogP contribution in [0.25, 0.3) is 38.9 Å². The first-order chi connectivity index (χ1) is 19.5. The smallest absolute Gasteiger partial charge is 0.146 e. The second kappa shape index (κ2) is 10.1. The first kappa shape index (κ1) is 27.1. The third kappa shape index (κ3) is 5.11. The van der Waals surface area contributed by atoms with E-state index in [0.29, 0.717) is 5.75 Å². The normalized spacial score (nSPS) is 12.3. The number of phenolic OH excluding ortho intramolecular Hbond substituents is 1. The molecule has 0 fully saturated rings. The summed E-state index contributed by atoms with van der Waals surface area (Å²) < 4.78 is 2.14. The monoisotopic (exact) mass is 557 g/mol. The van der Waals surface area contributed by atoms with Crippen molar-refractivity contribution >= 4 is 33.7 Å². The average molecular weight is 558 g/mol. The number of nitrogens with zero attached hydrogens (tertiary/aromatic N) is 3. The van der Waals surface area contributed by atoms with Gasteiger partial charge >= 0.3 is 0 Å². The van der Waals surface area contributed by atoms with Gasteiger partial charge in [-0.1, -0.05) is 95.8 Å². The minimum atomic E-state index is -0.233. The maximum Gasteiger partial charge on any atom is 0.146 e. The first-order valence-electron chi connectivity index (χ1n) is 14.0. The number of fused-ring (bicyclic) bond motifs is 3. The van der Waals surface area contributed by atoms with E-state index in [9.17, 15) is 5.11 Å². The molecule has 0 atom stereocenters. The summed E-state index contributed by atoms with van der Waals surface area (Å²) in [7, 11) is 0. The number of benzene rings is 3. The number of para-hydroxylation sites is 1. The molecule has 6 rings (SSSR count). The lowest BCUT2D eigenvalue weighted by Crippen LogP contribution is -2.18. The van der Waals surface area contributed by atoms with E-state index in [-0.39, 0.29) is 10.8 Å². The highest BCUT2D eigenvalue weighted by Gasteiger charge is 2.27. The molecule has 5 heteroatoms. The Bertz CT molecular complexity index is 1890. The van der Waals surface area contributed by atoms with Crippen LogP contribution in [-0.4, -0.2) is 19.6 Å². The van der Waals surface area contributed by atoms with Crippen LogP contribution in [0.3, 0.4) is 0 Å². The first-order valence-corrected chi connectivity index (χ1v) is 14.8. The molecular weight excluding hydrogens is 522 g/mol. The summed E-state index contributed by atoms with van der Waals surface area (Å²) in [6, 6.07) is 31.3. The Kier molecular flexibility index (Phi) is 6.66. The Hall–Kier alpha value is -4.09. The van der Waals surface area contributed by atoms with Gasteiger partial charge in [0.05, 0.1) is 16.9 Å². The predicted octanol–water partition coefficient (Wildman–Crippen LogP) is 9.69. The third-order valence-electron chi connectivity index (χ3n) is 7.52. The molecule has 0 saturated carbocycles. The molecule has 0 bridgehead atoms. The van der Waals surface area contributed by atoms with E-state index >= 15 is 0 Å². The van der Waals surface area contributed by atoms with Crippen LogP contribution in [0.15, 0.2) is 107 Å². The van der Waals surface area contributed by atoms with Crippen molar-refractivity contribution in [2.45, 2.75) is 62.3 Å². The second-order valence-electron chi connectivity index (χ2n) is 12.6. The fraction of sp³-hybridized carbons (Fsp3) is 0.222. The molecule has 0 unspecified atom stereocenters. The maximum atomic E-state index is 11.8. The topological polar surface area (TPSA) is 50.9 Å². The van der Waals surface area contributed by atoms with Gasteiger partial charge in [0, 0.05) is 33.0 Å². The van der Waals surface area contributed by atoms with Gasteiger partial charge in [-0.25, -0.2) is 9.97 Å². The highest BCUT2D eigenvalue weighted by atomic mass is 32.2. The molecular formula is C36H35N3OS. The number of rotatable bonds is 4. The standard InChI is InChI=1S/C36H35N3OS/c1-35(2,3)24-21-28(36(4,5)6)33(40)31(22-24)39-30-15-8-7-14-26(30)27-17-18-29(38-34(27)39)23-12-11-13-25(20-23)41-32-16-9-10-19-37-32/h7-22,40H,1-6H3. The summed E-state index contributed by atoms with van der Waals surface area (Å²) in [6.45, 7) is 13.1. The largest absolute Gasteiger partial charge is 0.505 e. The SMILES string of the molecule is CC(C)(C)c1cc(-n2c3ccccc3c3ccc(-c4cccc(Sc5ccccn5)c4)nc32)c(O)c(C(C)(C)C)c1. The van der Waals surface area contributed by atoms with Crippen LogP contribution in [0.4, 0.5) is 0 Å². The van der Waals surface area contributed by atoms with Crippen molar-refractivity contribution in [3.63, 3.8) is 0 Å². The van der Waals surface area contributed by atoms with E-state index in [0.717, 1.165) is 54.4 Å². The number of aromatic nitrogens is 3. The van der Waals surface area contributed by atoms with Crippen molar-refractivity contribution in [2.24, 2.45) is 0 Å². The summed E-state index contributed by atoms with van der Waals surface area (Å²) in [5.74, 6) is 0.300. The van der Waals surface area contributed by atoms with E-state index in [1.165, 1.54) is 5.56 Å². The van der Waals surface area contributed by atoms with Crippen molar-refractivity contribution in [2.75, 3.05) is 0 Å². The van der Waals surface area contributed by atoms with Crippen LogP contribution in [0.5, 0.6) is 5.75 Å². The van der Waals surface area contributed by atoms with E-state index in [1.54, 1.807) is 11.8 Å². The predicted molar refractivity (Wildman–Crippen MR) is 171 cm³/mol. The Labute approximate surface area is 246 Å². The van der Waals surface area contributed by atoms with Crippen LogP contribution in [0.2, 0.25) is 0 Å². The van der Waals surface area contributed by atoms with Gasteiger partial charge in [0.15, 0.2) is 0 Å². The quantitative estimate of drug-likeness (QED) is 0.234. The fourth-order valence-electron chi connectivity index (χ4n) is 5.29. The molecule has 0 saturated heterocycles. The van der Waals surface area contributed by atoms with Crippen LogP contribution < -0.4 is 0 Å². The zero-order valence-corrected chi connectivity index (χ0v) is 25.3. The van der Waals surface area contributed by atoms with Crippen molar-refractivity contribution in [3.8, 4) is 22.7 Å². The Balaban J connectivity index is 1.59. The fourth-order valence-corrected chi connectivity index (χ4v) is 6.12. The maximum absolute atomic E-state index is 11.8. The number of aromatic hydroxyl groups is 1. The third-order valence-corrected chi connectivity index (χ3v) is 8.46. The minimum absolute atomic E-state index is 0.0918. The molecule has 0 amide bonds. The van der Waals surface area contributed by atoms with E-state index < -0.39 is 0 Å². The van der Waals surface area contributed by atoms with Crippen LogP contribution >= 0.6 is 11.8 Å². The molecule has 3 heterocycles. The van der Waals surface area contributed by atoms with Crippen LogP contribution in [0.1, 0.15) is 52.7 Å². The lowest BCUT2D eigenvalue weighted by Gasteiger charge is -2.28. The molecule has 0 aliphatic carbocycles. The molecule has 4 nitrogen and oxygen atoms in total. The number of pyridine rings is 2. The summed E-state index contributed by atoms with van der Waals surface area (Å²) in [5, 5.41) is 14.9. The summed E-state index contributed by atoms with van der Waals surface area (Å²) in [4.78, 5) is 10.8. The van der Waals surface area contributed by atoms with Gasteiger partial charge in [0.1, 0.15) is 16.4 Å². The van der Waals surface area contributed by atoms with Crippen molar-refractivity contribution in [1.29, 1.82) is 0 Å². The van der Waals surface area contributed by atoms with Crippen molar-refractivity contribution < 1.29 is 5.11 Å². The molecule has 0 spiro atoms. The van der Waals surface area contributed by atoms with Crippen molar-refractivity contribution in [1.82, 2.24) is 14.5 Å². The summed E-state index contributed by atoms with van der Waals surface area (Å²) in [6.07, 6.45) is 1.82. The van der Waals surface area contributed by atoms with Gasteiger partial charge < -0.3 is 5.11 Å². The second-order valence-corrected chi connectivity index (χ2v) is 13.7. The van der Waals surface area contributed by atoms with E-state index in [4.69, 9.17) is 4.98 Å². The highest BCUT2D eigenvalue weighted by Crippen LogP contribution is 2.42. The summed E-state index contributed by atoms with van der Waals surface area (Å²) in [5.41, 5.74) is 6.31.